The van der Waals surface area contributed by atoms with Crippen LogP contribution in [0.15, 0.2) is 72.8 Å². The standard InChI is InChI=1S/C45H53O7P/c1-41(2,3)26-14-18-34-30(22-26)38(39(46)49-34)31-23-27(42(4,5)6)15-19-35(31)51-53(48)52-37-21-17-29(44(10,11)12)25-33(37)45(13)32-24-28(43(7,8)9)16-20-36(32)50-40(45)47/h14-25,38,53H,1-13H3. The SMILES string of the molecule is CC(C)(C)c1ccc2c(c1)C(c1cc(C(C)(C)C)ccc1O[PH](=O)Oc1ccc(C(C)(C)C)cc1C1(C)C(=O)Oc3ccc(C(C)(C)C)cc31)C(=O)O2. The Labute approximate surface area is 315 Å². The van der Waals surface area contributed by atoms with Gasteiger partial charge < -0.3 is 18.5 Å². The van der Waals surface area contributed by atoms with E-state index in [0.717, 1.165) is 33.4 Å². The Kier molecular flexibility index (Phi) is 9.34. The van der Waals surface area contributed by atoms with Crippen LogP contribution in [-0.4, -0.2) is 11.9 Å². The van der Waals surface area contributed by atoms with Crippen molar-refractivity contribution in [2.45, 2.75) is 123 Å². The van der Waals surface area contributed by atoms with Crippen LogP contribution in [0.3, 0.4) is 0 Å². The van der Waals surface area contributed by atoms with E-state index in [2.05, 4.69) is 83.1 Å². The van der Waals surface area contributed by atoms with Crippen LogP contribution in [0.2, 0.25) is 0 Å². The lowest BCUT2D eigenvalue weighted by atomic mass is 9.73. The second-order valence-corrected chi connectivity index (χ2v) is 19.7. The highest BCUT2D eigenvalue weighted by molar-refractivity contribution is 7.34. The molecule has 3 unspecified atom stereocenters. The predicted molar refractivity (Wildman–Crippen MR) is 210 cm³/mol. The van der Waals surface area contributed by atoms with Crippen molar-refractivity contribution in [3.8, 4) is 23.0 Å². The molecule has 2 aliphatic heterocycles. The molecule has 6 rings (SSSR count). The Hall–Kier alpha value is -4.35. The Morgan fingerprint density at radius 2 is 0.981 bits per heavy atom. The molecule has 0 fully saturated rings. The van der Waals surface area contributed by atoms with Crippen LogP contribution in [0, 0.1) is 0 Å². The Bertz CT molecular complexity index is 2150. The second kappa shape index (κ2) is 12.9. The number of fused-ring (bicyclic) bond motifs is 2. The van der Waals surface area contributed by atoms with Gasteiger partial charge in [-0.2, -0.15) is 0 Å². The topological polar surface area (TPSA) is 88.1 Å². The van der Waals surface area contributed by atoms with Crippen molar-refractivity contribution in [1.29, 1.82) is 0 Å². The molecule has 2 aliphatic rings. The molecule has 2 heterocycles. The van der Waals surface area contributed by atoms with Gasteiger partial charge in [0.05, 0.1) is 0 Å². The van der Waals surface area contributed by atoms with Gasteiger partial charge in [0, 0.05) is 22.3 Å². The number of hydrogen-bond donors (Lipinski definition) is 0. The fourth-order valence-corrected chi connectivity index (χ4v) is 7.74. The Morgan fingerprint density at radius 1 is 0.547 bits per heavy atom. The van der Waals surface area contributed by atoms with Crippen LogP contribution in [0.25, 0.3) is 0 Å². The van der Waals surface area contributed by atoms with Gasteiger partial charge in [0.15, 0.2) is 0 Å². The van der Waals surface area contributed by atoms with E-state index in [1.54, 1.807) is 12.1 Å². The van der Waals surface area contributed by atoms with Crippen molar-refractivity contribution < 1.29 is 32.7 Å². The Balaban J connectivity index is 1.43. The van der Waals surface area contributed by atoms with Gasteiger partial charge >= 0.3 is 20.2 Å². The molecule has 0 bridgehead atoms. The summed E-state index contributed by atoms with van der Waals surface area (Å²) in [5, 5.41) is 0. The monoisotopic (exact) mass is 736 g/mol. The first kappa shape index (κ1) is 38.4. The van der Waals surface area contributed by atoms with Crippen LogP contribution >= 0.6 is 8.25 Å². The zero-order valence-corrected chi connectivity index (χ0v) is 34.4. The molecule has 0 aliphatic carbocycles. The number of esters is 2. The predicted octanol–water partition coefficient (Wildman–Crippen LogP) is 11.0. The fraction of sp³-hybridized carbons (Fsp3) is 0.422. The molecule has 8 heteroatoms. The molecule has 3 atom stereocenters. The summed E-state index contributed by atoms with van der Waals surface area (Å²) < 4.78 is 38.2. The van der Waals surface area contributed by atoms with Crippen LogP contribution in [0.4, 0.5) is 0 Å². The van der Waals surface area contributed by atoms with E-state index < -0.39 is 31.5 Å². The molecule has 0 spiro atoms. The van der Waals surface area contributed by atoms with Crippen molar-refractivity contribution >= 4 is 20.2 Å². The number of ether oxygens (including phenoxy) is 2. The zero-order chi connectivity index (χ0) is 39.1. The normalized spacial score (nSPS) is 19.3. The van der Waals surface area contributed by atoms with Crippen molar-refractivity contribution in [2.75, 3.05) is 0 Å². The van der Waals surface area contributed by atoms with Gasteiger partial charge in [-0.25, -0.2) is 4.57 Å². The van der Waals surface area contributed by atoms with Gasteiger partial charge in [0.25, 0.3) is 0 Å². The third-order valence-electron chi connectivity index (χ3n) is 10.6. The summed E-state index contributed by atoms with van der Waals surface area (Å²) in [7, 11) is -3.32. The van der Waals surface area contributed by atoms with Crippen molar-refractivity contribution in [2.24, 2.45) is 0 Å². The summed E-state index contributed by atoms with van der Waals surface area (Å²) in [5.74, 6) is -0.155. The lowest BCUT2D eigenvalue weighted by Gasteiger charge is -2.28. The molecule has 7 nitrogen and oxygen atoms in total. The number of carbonyl (C=O) groups is 2. The maximum absolute atomic E-state index is 14.1. The maximum Gasteiger partial charge on any atom is 0.418 e. The number of hydrogen-bond acceptors (Lipinski definition) is 7. The molecule has 280 valence electrons. The highest BCUT2D eigenvalue weighted by Crippen LogP contribution is 2.51. The second-order valence-electron chi connectivity index (χ2n) is 18.7. The molecule has 0 radical (unpaired) electrons. The average molecular weight is 737 g/mol. The van der Waals surface area contributed by atoms with E-state index in [1.807, 2.05) is 67.6 Å². The third kappa shape index (κ3) is 7.17. The van der Waals surface area contributed by atoms with Crippen LogP contribution in [0.5, 0.6) is 23.0 Å². The summed E-state index contributed by atoms with van der Waals surface area (Å²) in [6.45, 7) is 27.1. The van der Waals surface area contributed by atoms with E-state index in [1.165, 1.54) is 0 Å². The molecule has 0 aromatic heterocycles. The highest BCUT2D eigenvalue weighted by Gasteiger charge is 2.49. The van der Waals surface area contributed by atoms with Crippen LogP contribution in [0.1, 0.15) is 140 Å². The smallest absolute Gasteiger partial charge is 0.418 e. The molecular formula is C45H53O7P. The Morgan fingerprint density at radius 3 is 1.53 bits per heavy atom. The number of rotatable bonds is 6. The lowest BCUT2D eigenvalue weighted by molar-refractivity contribution is -0.136. The lowest BCUT2D eigenvalue weighted by Crippen LogP contribution is -2.32. The van der Waals surface area contributed by atoms with Crippen LogP contribution < -0.4 is 18.5 Å². The fourth-order valence-electron chi connectivity index (χ4n) is 6.98. The molecule has 53 heavy (non-hydrogen) atoms. The molecule has 0 amide bonds. The van der Waals surface area contributed by atoms with Crippen molar-refractivity contribution in [1.82, 2.24) is 0 Å². The summed E-state index contributed by atoms with van der Waals surface area (Å²) in [6.07, 6.45) is 0. The van der Waals surface area contributed by atoms with Gasteiger partial charge in [0.1, 0.15) is 34.3 Å². The first-order valence-electron chi connectivity index (χ1n) is 18.3. The molecule has 4 aromatic rings. The maximum atomic E-state index is 14.1. The summed E-state index contributed by atoms with van der Waals surface area (Å²) in [4.78, 5) is 27.5. The largest absolute Gasteiger partial charge is 0.425 e. The summed E-state index contributed by atoms with van der Waals surface area (Å²) in [5.41, 5.74) is 4.53. The van der Waals surface area contributed by atoms with Gasteiger partial charge in [-0.3, -0.25) is 9.59 Å². The van der Waals surface area contributed by atoms with Gasteiger partial charge in [-0.05, 0) is 75.1 Å². The minimum absolute atomic E-state index is 0.158. The number of carbonyl (C=O) groups excluding carboxylic acids is 2. The van der Waals surface area contributed by atoms with E-state index in [0.29, 0.717) is 22.6 Å². The van der Waals surface area contributed by atoms with Crippen molar-refractivity contribution in [3.05, 3.63) is 117 Å². The molecule has 0 saturated heterocycles. The highest BCUT2D eigenvalue weighted by atomic mass is 31.1. The molecular weight excluding hydrogens is 683 g/mol. The molecule has 0 saturated carbocycles. The molecule has 0 N–H and O–H groups in total. The third-order valence-corrected chi connectivity index (χ3v) is 11.4. The van der Waals surface area contributed by atoms with E-state index in [4.69, 9.17) is 18.5 Å². The van der Waals surface area contributed by atoms with E-state index in [9.17, 15) is 14.2 Å². The molecule has 4 aromatic carbocycles. The minimum Gasteiger partial charge on any atom is -0.425 e. The summed E-state index contributed by atoms with van der Waals surface area (Å²) >= 11 is 0. The van der Waals surface area contributed by atoms with Crippen LogP contribution in [-0.2, 0) is 41.2 Å². The average Bonchev–Trinajstić information content (AvgIpc) is 3.50. The van der Waals surface area contributed by atoms with Crippen molar-refractivity contribution in [3.63, 3.8) is 0 Å². The minimum atomic E-state index is -3.32. The van der Waals surface area contributed by atoms with Gasteiger partial charge in [-0.1, -0.05) is 132 Å². The first-order valence-corrected chi connectivity index (χ1v) is 19.5. The van der Waals surface area contributed by atoms with E-state index >= 15 is 0 Å². The summed E-state index contributed by atoms with van der Waals surface area (Å²) in [6, 6.07) is 22.9. The van der Waals surface area contributed by atoms with Gasteiger partial charge in [-0.15, -0.1) is 0 Å². The quantitative estimate of drug-likeness (QED) is 0.111. The number of benzene rings is 4. The zero-order valence-electron chi connectivity index (χ0n) is 33.4. The van der Waals surface area contributed by atoms with E-state index in [-0.39, 0.29) is 33.2 Å². The first-order chi connectivity index (χ1) is 24.4. The van der Waals surface area contributed by atoms with Gasteiger partial charge in [0.2, 0.25) is 0 Å².